The Kier molecular flexibility index (Phi) is 5.38. The van der Waals surface area contributed by atoms with E-state index in [0.29, 0.717) is 0 Å². The summed E-state index contributed by atoms with van der Waals surface area (Å²) in [5.74, 6) is 0.0762. The Labute approximate surface area is 92.5 Å². The van der Waals surface area contributed by atoms with Crippen LogP contribution in [0, 0.1) is 12.7 Å². The molecule has 0 aromatic heterocycles. The Morgan fingerprint density at radius 3 is 2.73 bits per heavy atom. The van der Waals surface area contributed by atoms with Crippen LogP contribution in [-0.4, -0.2) is 0 Å². The van der Waals surface area contributed by atoms with Crippen molar-refractivity contribution in [3.8, 4) is 0 Å². The lowest BCUT2D eigenvalue weighted by Gasteiger charge is -2.11. The quantitative estimate of drug-likeness (QED) is 0.592. The maximum absolute atomic E-state index is 12.9. The van der Waals surface area contributed by atoms with Crippen LogP contribution in [0.5, 0.6) is 0 Å². The molecule has 15 heavy (non-hydrogen) atoms. The normalized spacial score (nSPS) is 12.7. The fourth-order valence-corrected chi connectivity index (χ4v) is 1.74. The van der Waals surface area contributed by atoms with Gasteiger partial charge in [0.2, 0.25) is 0 Å². The van der Waals surface area contributed by atoms with Gasteiger partial charge in [-0.3, -0.25) is 0 Å². The van der Waals surface area contributed by atoms with Crippen LogP contribution in [-0.2, 0) is 0 Å². The third-order valence-corrected chi connectivity index (χ3v) is 2.73. The van der Waals surface area contributed by atoms with Gasteiger partial charge in [0.15, 0.2) is 0 Å². The molecule has 0 amide bonds. The van der Waals surface area contributed by atoms with Gasteiger partial charge in [0.1, 0.15) is 5.82 Å². The van der Waals surface area contributed by atoms with Gasteiger partial charge < -0.3 is 0 Å². The minimum atomic E-state index is -0.158. The molecule has 0 aliphatic rings. The Hall–Kier alpha value is -0.850. The second kappa shape index (κ2) is 6.60. The van der Waals surface area contributed by atoms with Gasteiger partial charge in [0, 0.05) is 0 Å². The van der Waals surface area contributed by atoms with E-state index in [-0.39, 0.29) is 11.7 Å². The van der Waals surface area contributed by atoms with Crippen molar-refractivity contribution < 1.29 is 4.39 Å². The molecule has 1 radical (unpaired) electrons. The SMILES string of the molecule is [CH2]C(CCCCCC)c1cccc(F)c1. The van der Waals surface area contributed by atoms with Gasteiger partial charge in [0.05, 0.1) is 0 Å². The van der Waals surface area contributed by atoms with Gasteiger partial charge in [0.25, 0.3) is 0 Å². The monoisotopic (exact) mass is 207 g/mol. The van der Waals surface area contributed by atoms with Crippen LogP contribution in [0.25, 0.3) is 0 Å². The van der Waals surface area contributed by atoms with Crippen molar-refractivity contribution in [1.82, 2.24) is 0 Å². The van der Waals surface area contributed by atoms with Crippen LogP contribution in [0.4, 0.5) is 4.39 Å². The number of hydrogen-bond acceptors (Lipinski definition) is 0. The smallest absolute Gasteiger partial charge is 0.123 e. The van der Waals surface area contributed by atoms with Gasteiger partial charge >= 0.3 is 0 Å². The molecule has 0 aliphatic heterocycles. The highest BCUT2D eigenvalue weighted by molar-refractivity contribution is 5.21. The number of unbranched alkanes of at least 4 members (excludes halogenated alkanes) is 3. The largest absolute Gasteiger partial charge is 0.207 e. The zero-order valence-corrected chi connectivity index (χ0v) is 9.51. The second-order valence-corrected chi connectivity index (χ2v) is 4.10. The predicted octanol–water partition coefficient (Wildman–Crippen LogP) is 4.71. The van der Waals surface area contributed by atoms with E-state index >= 15 is 0 Å². The summed E-state index contributed by atoms with van der Waals surface area (Å²) in [6.07, 6.45) is 6.05. The van der Waals surface area contributed by atoms with E-state index in [4.69, 9.17) is 0 Å². The predicted molar refractivity (Wildman–Crippen MR) is 63.3 cm³/mol. The van der Waals surface area contributed by atoms with Gasteiger partial charge in [-0.2, -0.15) is 0 Å². The number of benzene rings is 1. The lowest BCUT2D eigenvalue weighted by atomic mass is 9.95. The zero-order valence-electron chi connectivity index (χ0n) is 9.51. The first kappa shape index (κ1) is 12.2. The number of rotatable bonds is 6. The van der Waals surface area contributed by atoms with Gasteiger partial charge in [-0.1, -0.05) is 44.7 Å². The molecule has 0 heterocycles. The van der Waals surface area contributed by atoms with Crippen molar-refractivity contribution in [3.63, 3.8) is 0 Å². The first-order chi connectivity index (χ1) is 7.24. The summed E-state index contributed by atoms with van der Waals surface area (Å²) in [5.41, 5.74) is 1.02. The molecule has 0 saturated heterocycles. The molecule has 0 spiro atoms. The molecular weight excluding hydrogens is 187 g/mol. The molecule has 0 N–H and O–H groups in total. The van der Waals surface area contributed by atoms with Crippen LogP contribution >= 0.6 is 0 Å². The zero-order chi connectivity index (χ0) is 11.1. The Balaban J connectivity index is 2.36. The molecule has 1 heteroatoms. The summed E-state index contributed by atoms with van der Waals surface area (Å²) in [7, 11) is 0. The molecular formula is C14H20F. The summed E-state index contributed by atoms with van der Waals surface area (Å²) in [4.78, 5) is 0. The minimum Gasteiger partial charge on any atom is -0.207 e. The molecule has 1 unspecified atom stereocenters. The fraction of sp³-hybridized carbons (Fsp3) is 0.500. The van der Waals surface area contributed by atoms with Crippen LogP contribution in [0.1, 0.15) is 50.5 Å². The maximum Gasteiger partial charge on any atom is 0.123 e. The van der Waals surface area contributed by atoms with Gasteiger partial charge in [-0.05, 0) is 37.0 Å². The van der Waals surface area contributed by atoms with Crippen molar-refractivity contribution in [3.05, 3.63) is 42.6 Å². The molecule has 1 aromatic carbocycles. The van der Waals surface area contributed by atoms with Crippen LogP contribution in [0.2, 0.25) is 0 Å². The van der Waals surface area contributed by atoms with Crippen LogP contribution < -0.4 is 0 Å². The van der Waals surface area contributed by atoms with E-state index in [1.165, 1.54) is 31.7 Å². The van der Waals surface area contributed by atoms with E-state index < -0.39 is 0 Å². The highest BCUT2D eigenvalue weighted by Crippen LogP contribution is 2.22. The summed E-state index contributed by atoms with van der Waals surface area (Å²) in [5, 5.41) is 0. The van der Waals surface area contributed by atoms with Crippen molar-refractivity contribution in [2.75, 3.05) is 0 Å². The lowest BCUT2D eigenvalue weighted by Crippen LogP contribution is -1.94. The molecule has 1 atom stereocenters. The first-order valence-electron chi connectivity index (χ1n) is 5.82. The summed E-state index contributed by atoms with van der Waals surface area (Å²) >= 11 is 0. The summed E-state index contributed by atoms with van der Waals surface area (Å²) in [6.45, 7) is 6.28. The van der Waals surface area contributed by atoms with Crippen molar-refractivity contribution in [2.45, 2.75) is 44.9 Å². The standard InChI is InChI=1S/C14H20F/c1-3-4-5-6-8-12(2)13-9-7-10-14(15)11-13/h7,9-12H,2-6,8H2,1H3. The van der Waals surface area contributed by atoms with E-state index in [0.717, 1.165) is 12.0 Å². The first-order valence-corrected chi connectivity index (χ1v) is 5.82. The fourth-order valence-electron chi connectivity index (χ4n) is 1.74. The molecule has 1 aromatic rings. The van der Waals surface area contributed by atoms with Crippen molar-refractivity contribution in [2.24, 2.45) is 0 Å². The van der Waals surface area contributed by atoms with E-state index in [2.05, 4.69) is 13.8 Å². The third-order valence-electron chi connectivity index (χ3n) is 2.73. The molecule has 1 rings (SSSR count). The van der Waals surface area contributed by atoms with Crippen molar-refractivity contribution in [1.29, 1.82) is 0 Å². The van der Waals surface area contributed by atoms with Gasteiger partial charge in [-0.25, -0.2) is 4.39 Å². The number of hydrogen-bond donors (Lipinski definition) is 0. The topological polar surface area (TPSA) is 0 Å². The highest BCUT2D eigenvalue weighted by Gasteiger charge is 2.05. The molecule has 0 fully saturated rings. The average molecular weight is 207 g/mol. The lowest BCUT2D eigenvalue weighted by molar-refractivity contribution is 0.594. The van der Waals surface area contributed by atoms with E-state index in [9.17, 15) is 4.39 Å². The number of halogens is 1. The molecule has 0 nitrogen and oxygen atoms in total. The molecule has 83 valence electrons. The molecule has 0 bridgehead atoms. The maximum atomic E-state index is 12.9. The van der Waals surface area contributed by atoms with Crippen LogP contribution in [0.15, 0.2) is 24.3 Å². The molecule has 0 aliphatic carbocycles. The average Bonchev–Trinajstić information content (AvgIpc) is 2.24. The van der Waals surface area contributed by atoms with Crippen LogP contribution in [0.3, 0.4) is 0 Å². The minimum absolute atomic E-state index is 0.158. The van der Waals surface area contributed by atoms with E-state index in [1.807, 2.05) is 6.07 Å². The third kappa shape index (κ3) is 4.46. The Morgan fingerprint density at radius 2 is 2.07 bits per heavy atom. The van der Waals surface area contributed by atoms with E-state index in [1.54, 1.807) is 12.1 Å². The Morgan fingerprint density at radius 1 is 1.27 bits per heavy atom. The summed E-state index contributed by atoms with van der Waals surface area (Å²) < 4.78 is 12.9. The van der Waals surface area contributed by atoms with Gasteiger partial charge in [-0.15, -0.1) is 0 Å². The Bertz CT molecular complexity index is 280. The summed E-state index contributed by atoms with van der Waals surface area (Å²) in [6, 6.07) is 6.79. The second-order valence-electron chi connectivity index (χ2n) is 4.10. The highest BCUT2D eigenvalue weighted by atomic mass is 19.1. The van der Waals surface area contributed by atoms with Crippen molar-refractivity contribution >= 4 is 0 Å². The molecule has 0 saturated carbocycles.